The van der Waals surface area contributed by atoms with Crippen LogP contribution >= 0.6 is 11.6 Å². The Labute approximate surface area is 191 Å². The van der Waals surface area contributed by atoms with E-state index in [2.05, 4.69) is 36.1 Å². The van der Waals surface area contributed by atoms with Gasteiger partial charge in [-0.1, -0.05) is 32.4 Å². The van der Waals surface area contributed by atoms with Crippen molar-refractivity contribution in [3.05, 3.63) is 59.3 Å². The number of aromatic nitrogens is 3. The number of methoxy groups -OCH3 is 1. The number of imidazole rings is 1. The van der Waals surface area contributed by atoms with Crippen LogP contribution in [-0.2, 0) is 10.0 Å². The van der Waals surface area contributed by atoms with Gasteiger partial charge in [0.2, 0.25) is 9.76 Å². The summed E-state index contributed by atoms with van der Waals surface area (Å²) in [4.78, 5) is 8.72. The minimum Gasteiger partial charge on any atom is -0.494 e. The van der Waals surface area contributed by atoms with Crippen molar-refractivity contribution < 1.29 is 9.16 Å². The van der Waals surface area contributed by atoms with Crippen molar-refractivity contribution in [3.63, 3.8) is 0 Å². The van der Waals surface area contributed by atoms with Crippen molar-refractivity contribution in [3.8, 4) is 11.4 Å². The van der Waals surface area contributed by atoms with E-state index in [1.165, 1.54) is 0 Å². The number of nitrogens with one attached hydrogen (secondary N) is 1. The van der Waals surface area contributed by atoms with Gasteiger partial charge in [0.05, 0.1) is 30.4 Å². The number of ether oxygens (including phenoxy) is 1. The van der Waals surface area contributed by atoms with Gasteiger partial charge in [-0.25, -0.2) is 9.97 Å². The molecule has 0 aliphatic carbocycles. The fraction of sp³-hybridized carbons (Fsp3) is 0.391. The number of hydrogen-bond acceptors (Lipinski definition) is 5. The molecule has 0 bridgehead atoms. The van der Waals surface area contributed by atoms with E-state index in [0.29, 0.717) is 20.7 Å². The summed E-state index contributed by atoms with van der Waals surface area (Å²) in [6, 6.07) is 9.70. The molecule has 0 saturated heterocycles. The molecular formula is C23H29ClN4O2Si. The number of hydrogen-bond donors (Lipinski definition) is 1. The van der Waals surface area contributed by atoms with Crippen LogP contribution in [0.3, 0.4) is 0 Å². The van der Waals surface area contributed by atoms with E-state index in [9.17, 15) is 0 Å². The van der Waals surface area contributed by atoms with Gasteiger partial charge in [0.25, 0.3) is 0 Å². The predicted octanol–water partition coefficient (Wildman–Crippen LogP) is 6.07. The number of benzene rings is 1. The standard InChI is InChI=1S/C23H29ClN4O2Si/c1-15-13-28(14-25-15)18-9-8-17(12-19(18)29-7)26-21-11-16(10-20(24)27-21)23(5,6)30-31-22(2,3)4/h8-14H,1-7H3,(H,26,27). The predicted molar refractivity (Wildman–Crippen MR) is 127 cm³/mol. The van der Waals surface area contributed by atoms with Crippen molar-refractivity contribution in [1.29, 1.82) is 0 Å². The smallest absolute Gasteiger partial charge is 0.236 e. The highest BCUT2D eigenvalue weighted by atomic mass is 35.5. The summed E-state index contributed by atoms with van der Waals surface area (Å²) in [5.41, 5.74) is 3.16. The SMILES string of the molecule is COc1cc(Nc2cc(C(C)(C)O[Si]C(C)(C)C)cc(Cl)n2)ccc1-n1cnc(C)c1. The Kier molecular flexibility index (Phi) is 6.78. The summed E-state index contributed by atoms with van der Waals surface area (Å²) in [7, 11) is 2.01. The number of anilines is 2. The molecule has 3 rings (SSSR count). The lowest BCUT2D eigenvalue weighted by molar-refractivity contribution is 0.109. The fourth-order valence-corrected chi connectivity index (χ4v) is 3.81. The third kappa shape index (κ3) is 6.09. The number of nitrogens with zero attached hydrogens (tertiary/aromatic N) is 3. The highest BCUT2D eigenvalue weighted by molar-refractivity contribution is 6.32. The van der Waals surface area contributed by atoms with E-state index in [4.69, 9.17) is 20.8 Å². The molecular weight excluding hydrogens is 428 g/mol. The topological polar surface area (TPSA) is 61.2 Å². The third-order valence-electron chi connectivity index (χ3n) is 4.54. The lowest BCUT2D eigenvalue weighted by Crippen LogP contribution is -2.27. The zero-order valence-corrected chi connectivity index (χ0v) is 20.8. The first-order valence-electron chi connectivity index (χ1n) is 10.1. The molecule has 0 fully saturated rings. The van der Waals surface area contributed by atoms with Crippen LogP contribution in [0.4, 0.5) is 11.5 Å². The number of halogens is 1. The maximum absolute atomic E-state index is 6.34. The second-order valence-electron chi connectivity index (χ2n) is 8.96. The molecule has 1 N–H and O–H groups in total. The van der Waals surface area contributed by atoms with Crippen LogP contribution in [-0.4, -0.2) is 31.4 Å². The number of rotatable bonds is 7. The van der Waals surface area contributed by atoms with Crippen LogP contribution in [0.25, 0.3) is 5.69 Å². The molecule has 6 nitrogen and oxygen atoms in total. The first-order chi connectivity index (χ1) is 14.5. The molecule has 164 valence electrons. The average molecular weight is 457 g/mol. The van der Waals surface area contributed by atoms with Gasteiger partial charge < -0.3 is 19.0 Å². The summed E-state index contributed by atoms with van der Waals surface area (Å²) in [5.74, 6) is 1.37. The first-order valence-corrected chi connectivity index (χ1v) is 11.3. The van der Waals surface area contributed by atoms with Crippen molar-refractivity contribution >= 4 is 32.9 Å². The summed E-state index contributed by atoms with van der Waals surface area (Å²) >= 11 is 6.34. The fourth-order valence-electron chi connectivity index (χ4n) is 2.92. The normalized spacial score (nSPS) is 12.1. The van der Waals surface area contributed by atoms with Gasteiger partial charge >= 0.3 is 0 Å². The molecule has 2 heterocycles. The second kappa shape index (κ2) is 9.02. The molecule has 0 unspecified atom stereocenters. The van der Waals surface area contributed by atoms with Gasteiger partial charge in [0.1, 0.15) is 16.7 Å². The van der Waals surface area contributed by atoms with Gasteiger partial charge in [-0.05, 0) is 55.6 Å². The van der Waals surface area contributed by atoms with Crippen molar-refractivity contribution in [2.24, 2.45) is 0 Å². The molecule has 0 spiro atoms. The second-order valence-corrected chi connectivity index (χ2v) is 11.3. The summed E-state index contributed by atoms with van der Waals surface area (Å²) in [6.45, 7) is 12.5. The van der Waals surface area contributed by atoms with E-state index in [-0.39, 0.29) is 5.04 Å². The lowest BCUT2D eigenvalue weighted by Gasteiger charge is -2.30. The van der Waals surface area contributed by atoms with E-state index in [1.807, 2.05) is 61.9 Å². The first kappa shape index (κ1) is 23.3. The largest absolute Gasteiger partial charge is 0.494 e. The molecule has 1 aromatic carbocycles. The van der Waals surface area contributed by atoms with E-state index < -0.39 is 5.60 Å². The highest BCUT2D eigenvalue weighted by Crippen LogP contribution is 2.33. The Hall–Kier alpha value is -2.35. The van der Waals surface area contributed by atoms with Crippen molar-refractivity contribution in [2.45, 2.75) is 52.2 Å². The highest BCUT2D eigenvalue weighted by Gasteiger charge is 2.26. The van der Waals surface area contributed by atoms with Gasteiger partial charge in [-0.2, -0.15) is 0 Å². The third-order valence-corrected chi connectivity index (χ3v) is 5.96. The number of aryl methyl sites for hydroxylation is 1. The van der Waals surface area contributed by atoms with Crippen molar-refractivity contribution in [2.75, 3.05) is 12.4 Å². The molecule has 0 amide bonds. The Morgan fingerprint density at radius 1 is 1.10 bits per heavy atom. The maximum Gasteiger partial charge on any atom is 0.236 e. The van der Waals surface area contributed by atoms with Gasteiger partial charge in [-0.15, -0.1) is 0 Å². The van der Waals surface area contributed by atoms with E-state index in [1.54, 1.807) is 13.4 Å². The monoisotopic (exact) mass is 456 g/mol. The maximum atomic E-state index is 6.34. The quantitative estimate of drug-likeness (QED) is 0.345. The Morgan fingerprint density at radius 3 is 2.45 bits per heavy atom. The molecule has 0 aliphatic rings. The molecule has 2 radical (unpaired) electrons. The van der Waals surface area contributed by atoms with E-state index in [0.717, 1.165) is 28.4 Å². The molecule has 8 heteroatoms. The minimum atomic E-state index is -0.491. The number of pyridine rings is 1. The summed E-state index contributed by atoms with van der Waals surface area (Å²) in [6.07, 6.45) is 3.72. The molecule has 3 aromatic rings. The Morgan fingerprint density at radius 2 is 1.84 bits per heavy atom. The van der Waals surface area contributed by atoms with Crippen LogP contribution in [0.15, 0.2) is 42.9 Å². The molecule has 0 aliphatic heterocycles. The summed E-state index contributed by atoms with van der Waals surface area (Å²) in [5, 5.41) is 3.84. The van der Waals surface area contributed by atoms with E-state index >= 15 is 0 Å². The van der Waals surface area contributed by atoms with Gasteiger partial charge in [-0.3, -0.25) is 0 Å². The zero-order chi connectivity index (χ0) is 22.8. The van der Waals surface area contributed by atoms with Crippen molar-refractivity contribution in [1.82, 2.24) is 14.5 Å². The van der Waals surface area contributed by atoms with Crippen LogP contribution in [0.1, 0.15) is 45.9 Å². The Bertz CT molecular complexity index is 1060. The lowest BCUT2D eigenvalue weighted by atomic mass is 10.00. The van der Waals surface area contributed by atoms with Crippen LogP contribution < -0.4 is 10.1 Å². The average Bonchev–Trinajstić information content (AvgIpc) is 3.11. The molecule has 0 atom stereocenters. The molecule has 31 heavy (non-hydrogen) atoms. The van der Waals surface area contributed by atoms with Gasteiger partial charge in [0.15, 0.2) is 0 Å². The molecule has 0 saturated carbocycles. The summed E-state index contributed by atoms with van der Waals surface area (Å²) < 4.78 is 13.8. The van der Waals surface area contributed by atoms with Crippen LogP contribution in [0.5, 0.6) is 5.75 Å². The molecule has 2 aromatic heterocycles. The van der Waals surface area contributed by atoms with Gasteiger partial charge in [0, 0.05) is 18.0 Å². The van der Waals surface area contributed by atoms with Crippen LogP contribution in [0.2, 0.25) is 10.2 Å². The van der Waals surface area contributed by atoms with Crippen LogP contribution in [0, 0.1) is 6.92 Å². The minimum absolute atomic E-state index is 0.0985. The zero-order valence-electron chi connectivity index (χ0n) is 19.1. The Balaban J connectivity index is 1.86.